The zero-order valence-electron chi connectivity index (χ0n) is 13.5. The van der Waals surface area contributed by atoms with Gasteiger partial charge in [0.05, 0.1) is 17.3 Å². The second-order valence-electron chi connectivity index (χ2n) is 5.90. The van der Waals surface area contributed by atoms with Crippen LogP contribution < -0.4 is 11.1 Å². The van der Waals surface area contributed by atoms with Crippen LogP contribution >= 0.6 is 12.4 Å². The molecule has 2 aromatic rings. The van der Waals surface area contributed by atoms with Crippen LogP contribution in [0.15, 0.2) is 36.9 Å². The number of nitrogens with zero attached hydrogens (tertiary/aromatic N) is 3. The standard InChI is InChI=1S/C16H21N5O2.ClH/c1-12(20-15(22)16(17)6-8-23-9-7-16)13-2-4-14(5-3-13)21-11-18-10-19-21;/h2-5,10-12H,6-9,17H2,1H3,(H,20,22);1H. The van der Waals surface area contributed by atoms with E-state index in [2.05, 4.69) is 15.4 Å². The van der Waals surface area contributed by atoms with E-state index in [-0.39, 0.29) is 24.4 Å². The Morgan fingerprint density at radius 2 is 2.00 bits per heavy atom. The molecule has 0 radical (unpaired) electrons. The lowest BCUT2D eigenvalue weighted by Gasteiger charge is -2.33. The molecular formula is C16H22ClN5O2. The molecule has 1 amide bonds. The number of aromatic nitrogens is 3. The summed E-state index contributed by atoms with van der Waals surface area (Å²) in [6.07, 6.45) is 4.24. The van der Waals surface area contributed by atoms with E-state index in [4.69, 9.17) is 10.5 Å². The first-order valence-corrected chi connectivity index (χ1v) is 7.71. The second-order valence-corrected chi connectivity index (χ2v) is 5.90. The van der Waals surface area contributed by atoms with Crippen LogP contribution in [0.2, 0.25) is 0 Å². The number of nitrogens with one attached hydrogen (secondary N) is 1. The van der Waals surface area contributed by atoms with Crippen molar-refractivity contribution in [3.8, 4) is 5.69 Å². The topological polar surface area (TPSA) is 95.1 Å². The van der Waals surface area contributed by atoms with Crippen LogP contribution in [0, 0.1) is 0 Å². The molecule has 0 saturated carbocycles. The normalized spacial score (nSPS) is 17.6. The van der Waals surface area contributed by atoms with Gasteiger partial charge in [-0.1, -0.05) is 12.1 Å². The quantitative estimate of drug-likeness (QED) is 0.867. The van der Waals surface area contributed by atoms with E-state index in [1.807, 2.05) is 31.2 Å². The maximum atomic E-state index is 12.4. The zero-order valence-corrected chi connectivity index (χ0v) is 14.3. The number of rotatable bonds is 4. The van der Waals surface area contributed by atoms with Gasteiger partial charge in [0.15, 0.2) is 0 Å². The minimum atomic E-state index is -0.826. The molecule has 1 atom stereocenters. The summed E-state index contributed by atoms with van der Waals surface area (Å²) in [4.78, 5) is 16.4. The van der Waals surface area contributed by atoms with E-state index in [0.717, 1.165) is 11.3 Å². The Labute approximate surface area is 147 Å². The van der Waals surface area contributed by atoms with Crippen molar-refractivity contribution >= 4 is 18.3 Å². The van der Waals surface area contributed by atoms with Crippen molar-refractivity contribution in [3.05, 3.63) is 42.5 Å². The molecule has 2 heterocycles. The van der Waals surface area contributed by atoms with Gasteiger partial charge in [-0.05, 0) is 37.5 Å². The summed E-state index contributed by atoms with van der Waals surface area (Å²) in [6.45, 7) is 3.01. The van der Waals surface area contributed by atoms with Gasteiger partial charge in [0.2, 0.25) is 5.91 Å². The zero-order chi connectivity index (χ0) is 16.3. The minimum absolute atomic E-state index is 0. The maximum absolute atomic E-state index is 12.4. The fourth-order valence-corrected chi connectivity index (χ4v) is 2.64. The number of benzene rings is 1. The number of carbonyl (C=O) groups is 1. The van der Waals surface area contributed by atoms with Crippen molar-refractivity contribution in [2.24, 2.45) is 5.73 Å². The fraction of sp³-hybridized carbons (Fsp3) is 0.438. The van der Waals surface area contributed by atoms with Crippen LogP contribution in [-0.4, -0.2) is 39.4 Å². The molecule has 1 unspecified atom stereocenters. The van der Waals surface area contributed by atoms with Gasteiger partial charge in [-0.25, -0.2) is 9.67 Å². The average Bonchev–Trinajstić information content (AvgIpc) is 3.10. The molecular weight excluding hydrogens is 330 g/mol. The number of hydrogen-bond donors (Lipinski definition) is 2. The van der Waals surface area contributed by atoms with Gasteiger partial charge in [-0.3, -0.25) is 4.79 Å². The molecule has 0 bridgehead atoms. The van der Waals surface area contributed by atoms with Gasteiger partial charge in [0.1, 0.15) is 12.7 Å². The lowest BCUT2D eigenvalue weighted by Crippen LogP contribution is -2.57. The lowest BCUT2D eigenvalue weighted by molar-refractivity contribution is -0.130. The number of nitrogens with two attached hydrogens (primary N) is 1. The Morgan fingerprint density at radius 3 is 2.58 bits per heavy atom. The molecule has 1 aliphatic heterocycles. The van der Waals surface area contributed by atoms with Gasteiger partial charge < -0.3 is 15.8 Å². The van der Waals surface area contributed by atoms with Crippen molar-refractivity contribution in [2.75, 3.05) is 13.2 Å². The van der Waals surface area contributed by atoms with Crippen LogP contribution in [0.5, 0.6) is 0 Å². The second kappa shape index (κ2) is 7.74. The first kappa shape index (κ1) is 18.4. The molecule has 8 heteroatoms. The lowest BCUT2D eigenvalue weighted by atomic mass is 9.90. The predicted octanol–water partition coefficient (Wildman–Crippen LogP) is 1.37. The Hall–Kier alpha value is -1.96. The van der Waals surface area contributed by atoms with E-state index in [1.165, 1.54) is 6.33 Å². The molecule has 3 rings (SSSR count). The SMILES string of the molecule is CC(NC(=O)C1(N)CCOCC1)c1ccc(-n2cncn2)cc1.Cl. The van der Waals surface area contributed by atoms with E-state index in [0.29, 0.717) is 26.1 Å². The summed E-state index contributed by atoms with van der Waals surface area (Å²) in [6, 6.07) is 7.71. The van der Waals surface area contributed by atoms with Gasteiger partial charge >= 0.3 is 0 Å². The molecule has 1 fully saturated rings. The molecule has 1 aromatic heterocycles. The highest BCUT2D eigenvalue weighted by Crippen LogP contribution is 2.21. The summed E-state index contributed by atoms with van der Waals surface area (Å²) >= 11 is 0. The molecule has 1 saturated heterocycles. The molecule has 7 nitrogen and oxygen atoms in total. The monoisotopic (exact) mass is 351 g/mol. The van der Waals surface area contributed by atoms with Crippen LogP contribution in [0.1, 0.15) is 31.4 Å². The van der Waals surface area contributed by atoms with E-state index in [1.54, 1.807) is 11.0 Å². The fourth-order valence-electron chi connectivity index (χ4n) is 2.64. The number of ether oxygens (including phenoxy) is 1. The third-order valence-corrected chi connectivity index (χ3v) is 4.26. The van der Waals surface area contributed by atoms with Crippen molar-refractivity contribution < 1.29 is 9.53 Å². The summed E-state index contributed by atoms with van der Waals surface area (Å²) < 4.78 is 6.96. The summed E-state index contributed by atoms with van der Waals surface area (Å²) in [5.74, 6) is -0.117. The summed E-state index contributed by atoms with van der Waals surface area (Å²) in [5.41, 5.74) is 7.31. The van der Waals surface area contributed by atoms with Crippen LogP contribution in [-0.2, 0) is 9.53 Å². The Morgan fingerprint density at radius 1 is 1.33 bits per heavy atom. The maximum Gasteiger partial charge on any atom is 0.240 e. The molecule has 0 aliphatic carbocycles. The number of hydrogen-bond acceptors (Lipinski definition) is 5. The minimum Gasteiger partial charge on any atom is -0.381 e. The van der Waals surface area contributed by atoms with Gasteiger partial charge in [0, 0.05) is 13.2 Å². The van der Waals surface area contributed by atoms with Gasteiger partial charge in [-0.15, -0.1) is 12.4 Å². The average molecular weight is 352 g/mol. The Balaban J connectivity index is 0.00000208. The Kier molecular flexibility index (Phi) is 5.93. The van der Waals surface area contributed by atoms with Crippen LogP contribution in [0.4, 0.5) is 0 Å². The van der Waals surface area contributed by atoms with Gasteiger partial charge in [-0.2, -0.15) is 5.10 Å². The largest absolute Gasteiger partial charge is 0.381 e. The van der Waals surface area contributed by atoms with Crippen LogP contribution in [0.3, 0.4) is 0 Å². The predicted molar refractivity (Wildman–Crippen MR) is 92.1 cm³/mol. The highest BCUT2D eigenvalue weighted by molar-refractivity contribution is 5.86. The van der Waals surface area contributed by atoms with Gasteiger partial charge in [0.25, 0.3) is 0 Å². The van der Waals surface area contributed by atoms with Crippen molar-refractivity contribution in [2.45, 2.75) is 31.3 Å². The molecule has 24 heavy (non-hydrogen) atoms. The van der Waals surface area contributed by atoms with Crippen LogP contribution in [0.25, 0.3) is 5.69 Å². The van der Waals surface area contributed by atoms with Crippen molar-refractivity contribution in [3.63, 3.8) is 0 Å². The molecule has 1 aliphatic rings. The first-order valence-electron chi connectivity index (χ1n) is 7.71. The summed E-state index contributed by atoms with van der Waals surface area (Å²) in [7, 11) is 0. The number of carbonyl (C=O) groups excluding carboxylic acids is 1. The highest BCUT2D eigenvalue weighted by Gasteiger charge is 2.36. The van der Waals surface area contributed by atoms with E-state index < -0.39 is 5.54 Å². The third-order valence-electron chi connectivity index (χ3n) is 4.26. The number of amides is 1. The van der Waals surface area contributed by atoms with E-state index >= 15 is 0 Å². The van der Waals surface area contributed by atoms with Crippen molar-refractivity contribution in [1.82, 2.24) is 20.1 Å². The number of halogens is 1. The highest BCUT2D eigenvalue weighted by atomic mass is 35.5. The first-order chi connectivity index (χ1) is 11.1. The molecule has 0 spiro atoms. The molecule has 1 aromatic carbocycles. The smallest absolute Gasteiger partial charge is 0.240 e. The van der Waals surface area contributed by atoms with Crippen molar-refractivity contribution in [1.29, 1.82) is 0 Å². The molecule has 130 valence electrons. The van der Waals surface area contributed by atoms with E-state index in [9.17, 15) is 4.79 Å². The summed E-state index contributed by atoms with van der Waals surface area (Å²) in [5, 5.41) is 7.09. The molecule has 3 N–H and O–H groups in total. The Bertz CT molecular complexity index is 654. The third kappa shape index (κ3) is 3.92.